The predicted octanol–water partition coefficient (Wildman–Crippen LogP) is 6.03. The van der Waals surface area contributed by atoms with Crippen LogP contribution in [0.1, 0.15) is 52.5 Å². The predicted molar refractivity (Wildman–Crippen MR) is 142 cm³/mol. The quantitative estimate of drug-likeness (QED) is 0.367. The molecule has 188 valence electrons. The Morgan fingerprint density at radius 2 is 1.73 bits per heavy atom. The number of aromatic nitrogens is 2. The largest absolute Gasteiger partial charge is 0.476 e. The third-order valence-corrected chi connectivity index (χ3v) is 6.36. The van der Waals surface area contributed by atoms with Crippen LogP contribution in [0.25, 0.3) is 5.69 Å². The Bertz CT molecular complexity index is 1460. The second-order valence-electron chi connectivity index (χ2n) is 9.54. The number of carbonyl (C=O) groups is 1. The molecule has 5 rings (SSSR count). The lowest BCUT2D eigenvalue weighted by Gasteiger charge is -2.33. The Kier molecular flexibility index (Phi) is 6.61. The van der Waals surface area contributed by atoms with E-state index in [1.54, 1.807) is 22.9 Å². The zero-order chi connectivity index (χ0) is 26.1. The first-order chi connectivity index (χ1) is 17.8. The van der Waals surface area contributed by atoms with Crippen LogP contribution < -0.4 is 5.32 Å². The molecule has 1 aliphatic heterocycles. The fraction of sp³-hybridized carbons (Fsp3) is 0.233. The summed E-state index contributed by atoms with van der Waals surface area (Å²) in [7, 11) is 0. The van der Waals surface area contributed by atoms with Gasteiger partial charge < -0.3 is 10.1 Å². The summed E-state index contributed by atoms with van der Waals surface area (Å²) < 4.78 is 21.9. The Balaban J connectivity index is 1.69. The fourth-order valence-corrected chi connectivity index (χ4v) is 4.76. The lowest BCUT2D eigenvalue weighted by molar-refractivity contribution is 0.0935. The topological polar surface area (TPSA) is 68.5 Å². The summed E-state index contributed by atoms with van der Waals surface area (Å²) in [4.78, 5) is 18.4. The molecule has 0 spiro atoms. The van der Waals surface area contributed by atoms with E-state index >= 15 is 0 Å². The van der Waals surface area contributed by atoms with Crippen molar-refractivity contribution in [1.82, 2.24) is 15.1 Å². The van der Waals surface area contributed by atoms with Gasteiger partial charge in [0.1, 0.15) is 11.9 Å². The Labute approximate surface area is 215 Å². The fourth-order valence-electron chi connectivity index (χ4n) is 4.76. The first-order valence-corrected chi connectivity index (χ1v) is 12.3. The number of hydrogen-bond acceptors (Lipinski definition) is 4. The molecule has 37 heavy (non-hydrogen) atoms. The van der Waals surface area contributed by atoms with Crippen LogP contribution in [0.3, 0.4) is 0 Å². The van der Waals surface area contributed by atoms with E-state index in [1.807, 2.05) is 76.2 Å². The third-order valence-electron chi connectivity index (χ3n) is 6.36. The molecule has 0 saturated heterocycles. The van der Waals surface area contributed by atoms with Crippen molar-refractivity contribution in [3.05, 3.63) is 113 Å². The van der Waals surface area contributed by atoms with Crippen LogP contribution in [0.5, 0.6) is 0 Å². The molecular formula is C30H29FN4O2. The second-order valence-corrected chi connectivity index (χ2v) is 9.54. The molecule has 4 aromatic rings. The minimum absolute atomic E-state index is 0.179. The molecule has 1 aromatic heterocycles. The lowest BCUT2D eigenvalue weighted by Crippen LogP contribution is -2.48. The van der Waals surface area contributed by atoms with Crippen molar-refractivity contribution in [2.75, 3.05) is 0 Å². The Morgan fingerprint density at radius 3 is 2.41 bits per heavy atom. The molecule has 1 N–H and O–H groups in total. The summed E-state index contributed by atoms with van der Waals surface area (Å²) in [5, 5.41) is 7.99. The van der Waals surface area contributed by atoms with Gasteiger partial charge in [-0.1, -0.05) is 48.0 Å². The van der Waals surface area contributed by atoms with E-state index in [9.17, 15) is 9.18 Å². The lowest BCUT2D eigenvalue weighted by atomic mass is 9.82. The molecular weight excluding hydrogens is 467 g/mol. The zero-order valence-corrected chi connectivity index (χ0v) is 21.3. The number of aryl methyl sites for hydroxylation is 2. The highest BCUT2D eigenvalue weighted by molar-refractivity contribution is 5.99. The summed E-state index contributed by atoms with van der Waals surface area (Å²) in [6, 6.07) is 22.9. The Morgan fingerprint density at radius 1 is 1.00 bits per heavy atom. The smallest absolute Gasteiger partial charge is 0.251 e. The number of fused-ring (bicyclic) bond motifs is 1. The van der Waals surface area contributed by atoms with Crippen molar-refractivity contribution >= 4 is 17.6 Å². The highest BCUT2D eigenvalue weighted by atomic mass is 19.1. The number of ether oxygens (including phenoxy) is 1. The van der Waals surface area contributed by atoms with Crippen molar-refractivity contribution in [3.8, 4) is 5.69 Å². The van der Waals surface area contributed by atoms with Crippen LogP contribution in [-0.4, -0.2) is 33.7 Å². The zero-order valence-electron chi connectivity index (χ0n) is 21.3. The van der Waals surface area contributed by atoms with E-state index in [0.717, 1.165) is 28.1 Å². The third kappa shape index (κ3) is 4.89. The van der Waals surface area contributed by atoms with Gasteiger partial charge in [0.25, 0.3) is 5.91 Å². The van der Waals surface area contributed by atoms with Crippen LogP contribution in [0, 0.1) is 19.7 Å². The average molecular weight is 497 g/mol. The number of amides is 1. The first-order valence-electron chi connectivity index (χ1n) is 12.3. The van der Waals surface area contributed by atoms with Gasteiger partial charge in [-0.05, 0) is 69.7 Å². The maximum atomic E-state index is 13.9. The van der Waals surface area contributed by atoms with Crippen LogP contribution in [-0.2, 0) is 4.74 Å². The molecule has 2 atom stereocenters. The number of aliphatic imine (C=N–C) groups is 1. The molecule has 0 bridgehead atoms. The van der Waals surface area contributed by atoms with E-state index in [0.29, 0.717) is 17.3 Å². The summed E-state index contributed by atoms with van der Waals surface area (Å²) >= 11 is 0. The summed E-state index contributed by atoms with van der Waals surface area (Å²) in [6.07, 6.45) is -0.179. The standard InChI is InChI=1S/C30H29FN4O2/c1-18(2)37-30-27(32-29(36)22-10-8-9-19(3)17-22)26(21-13-15-23(31)16-14-21)25-20(4)34-35(28(25)33-30)24-11-6-5-7-12-24/h5-18,26-27H,1-4H3,(H,32,36)/t26-,27-/m0/s1. The number of rotatable bonds is 5. The van der Waals surface area contributed by atoms with Crippen LogP contribution in [0.2, 0.25) is 0 Å². The van der Waals surface area contributed by atoms with Crippen LogP contribution >= 0.6 is 0 Å². The molecule has 0 aliphatic carbocycles. The molecule has 1 amide bonds. The normalized spacial score (nSPS) is 16.8. The van der Waals surface area contributed by atoms with Gasteiger partial charge in [0.15, 0.2) is 5.82 Å². The van der Waals surface area contributed by atoms with Crippen molar-refractivity contribution < 1.29 is 13.9 Å². The molecule has 0 unspecified atom stereocenters. The van der Waals surface area contributed by atoms with Gasteiger partial charge >= 0.3 is 0 Å². The van der Waals surface area contributed by atoms with Crippen molar-refractivity contribution in [3.63, 3.8) is 0 Å². The minimum Gasteiger partial charge on any atom is -0.476 e. The van der Waals surface area contributed by atoms with Gasteiger partial charge in [0.2, 0.25) is 5.90 Å². The minimum atomic E-state index is -0.625. The summed E-state index contributed by atoms with van der Waals surface area (Å²) in [6.45, 7) is 7.72. The number of halogens is 1. The van der Waals surface area contributed by atoms with Crippen molar-refractivity contribution in [1.29, 1.82) is 0 Å². The van der Waals surface area contributed by atoms with Gasteiger partial charge in [-0.15, -0.1) is 0 Å². The Hall–Kier alpha value is -4.26. The van der Waals surface area contributed by atoms with Gasteiger partial charge in [0.05, 0.1) is 17.5 Å². The van der Waals surface area contributed by atoms with E-state index < -0.39 is 12.0 Å². The molecule has 7 heteroatoms. The van der Waals surface area contributed by atoms with E-state index in [4.69, 9.17) is 14.8 Å². The SMILES string of the molecule is Cc1cccc(C(=O)N[C@@H]2C(OC(C)C)=Nc3c(c(C)nn3-c3ccccc3)[C@@H]2c2ccc(F)cc2)c1. The number of hydrogen-bond donors (Lipinski definition) is 1. The highest BCUT2D eigenvalue weighted by Crippen LogP contribution is 2.42. The van der Waals surface area contributed by atoms with Gasteiger partial charge in [0, 0.05) is 17.0 Å². The number of benzene rings is 3. The molecule has 1 aliphatic rings. The van der Waals surface area contributed by atoms with E-state index in [-0.39, 0.29) is 17.8 Å². The maximum absolute atomic E-state index is 13.9. The molecule has 0 radical (unpaired) electrons. The monoisotopic (exact) mass is 496 g/mol. The number of carbonyl (C=O) groups excluding carboxylic acids is 1. The summed E-state index contributed by atoms with van der Waals surface area (Å²) in [5.74, 6) is 0.0549. The number of para-hydroxylation sites is 1. The van der Waals surface area contributed by atoms with Gasteiger partial charge in [-0.25, -0.2) is 9.07 Å². The van der Waals surface area contributed by atoms with Crippen molar-refractivity contribution in [2.24, 2.45) is 4.99 Å². The number of nitrogens with one attached hydrogen (secondary N) is 1. The van der Waals surface area contributed by atoms with Crippen LogP contribution in [0.4, 0.5) is 10.2 Å². The van der Waals surface area contributed by atoms with E-state index in [1.165, 1.54) is 12.1 Å². The van der Waals surface area contributed by atoms with E-state index in [2.05, 4.69) is 5.32 Å². The molecule has 0 saturated carbocycles. The number of nitrogens with zero attached hydrogens (tertiary/aromatic N) is 3. The molecule has 3 aromatic carbocycles. The maximum Gasteiger partial charge on any atom is 0.251 e. The van der Waals surface area contributed by atoms with Gasteiger partial charge in [-0.3, -0.25) is 4.79 Å². The highest BCUT2D eigenvalue weighted by Gasteiger charge is 2.41. The van der Waals surface area contributed by atoms with Gasteiger partial charge in [-0.2, -0.15) is 10.1 Å². The van der Waals surface area contributed by atoms with Crippen molar-refractivity contribution in [2.45, 2.75) is 45.8 Å². The molecule has 0 fully saturated rings. The second kappa shape index (κ2) is 10.0. The average Bonchev–Trinajstić information content (AvgIpc) is 3.21. The molecule has 6 nitrogen and oxygen atoms in total. The molecule has 2 heterocycles. The summed E-state index contributed by atoms with van der Waals surface area (Å²) in [5.41, 5.74) is 4.86. The first kappa shape index (κ1) is 24.4. The van der Waals surface area contributed by atoms with Crippen LogP contribution in [0.15, 0.2) is 83.9 Å².